The van der Waals surface area contributed by atoms with Crippen molar-refractivity contribution in [1.82, 2.24) is 10.2 Å². The molecule has 1 N–H and O–H groups in total. The zero-order valence-electron chi connectivity index (χ0n) is 14.5. The first-order valence-electron chi connectivity index (χ1n) is 8.03. The maximum absolute atomic E-state index is 12.4. The van der Waals surface area contributed by atoms with Gasteiger partial charge in [0.25, 0.3) is 10.9 Å². The van der Waals surface area contributed by atoms with Crippen LogP contribution >= 0.6 is 11.8 Å². The van der Waals surface area contributed by atoms with Gasteiger partial charge in [-0.25, -0.2) is 0 Å². The molecule has 1 atom stereocenters. The first kappa shape index (κ1) is 19.1. The van der Waals surface area contributed by atoms with Gasteiger partial charge >= 0.3 is 0 Å². The van der Waals surface area contributed by atoms with Gasteiger partial charge in [0.05, 0.1) is 21.4 Å². The summed E-state index contributed by atoms with van der Waals surface area (Å²) in [6, 6.07) is 14.5. The molecular formula is C18H13N5O4S. The Morgan fingerprint density at radius 1 is 1.29 bits per heavy atom. The number of nitrogens with zero attached hydrogens (tertiary/aromatic N) is 4. The highest BCUT2D eigenvalue weighted by Gasteiger charge is 2.20. The van der Waals surface area contributed by atoms with Crippen molar-refractivity contribution in [2.75, 3.05) is 5.32 Å². The van der Waals surface area contributed by atoms with E-state index in [9.17, 15) is 14.9 Å². The number of nitriles is 1. The number of nitro groups is 1. The van der Waals surface area contributed by atoms with Crippen LogP contribution in [0.5, 0.6) is 0 Å². The molecule has 2 aromatic carbocycles. The van der Waals surface area contributed by atoms with E-state index in [4.69, 9.17) is 9.68 Å². The van der Waals surface area contributed by atoms with E-state index in [1.54, 1.807) is 37.3 Å². The van der Waals surface area contributed by atoms with Gasteiger partial charge in [-0.3, -0.25) is 14.9 Å². The van der Waals surface area contributed by atoms with E-state index in [0.717, 1.165) is 11.8 Å². The molecule has 140 valence electrons. The van der Waals surface area contributed by atoms with Crippen LogP contribution in [-0.2, 0) is 4.79 Å². The molecule has 10 heteroatoms. The molecule has 0 spiro atoms. The Morgan fingerprint density at radius 2 is 2.07 bits per heavy atom. The van der Waals surface area contributed by atoms with Crippen LogP contribution in [0.4, 0.5) is 11.4 Å². The monoisotopic (exact) mass is 395 g/mol. The number of nitrogens with one attached hydrogen (secondary N) is 1. The Hall–Kier alpha value is -3.71. The fourth-order valence-electron chi connectivity index (χ4n) is 2.26. The van der Waals surface area contributed by atoms with Crippen LogP contribution < -0.4 is 5.32 Å². The Morgan fingerprint density at radius 3 is 2.82 bits per heavy atom. The van der Waals surface area contributed by atoms with E-state index >= 15 is 0 Å². The van der Waals surface area contributed by atoms with E-state index < -0.39 is 10.2 Å². The van der Waals surface area contributed by atoms with Gasteiger partial charge in [0.1, 0.15) is 6.07 Å². The first-order chi connectivity index (χ1) is 13.5. The largest absolute Gasteiger partial charge is 0.411 e. The molecule has 0 bridgehead atoms. The van der Waals surface area contributed by atoms with Gasteiger partial charge < -0.3 is 9.73 Å². The average Bonchev–Trinajstić information content (AvgIpc) is 3.17. The molecular weight excluding hydrogens is 382 g/mol. The molecule has 3 aromatic rings. The molecule has 0 aliphatic heterocycles. The maximum Gasteiger partial charge on any atom is 0.277 e. The number of aromatic nitrogens is 2. The molecule has 0 saturated heterocycles. The normalized spacial score (nSPS) is 11.4. The number of hydrogen-bond acceptors (Lipinski definition) is 8. The predicted octanol–water partition coefficient (Wildman–Crippen LogP) is 3.64. The number of hydrogen-bond donors (Lipinski definition) is 1. The second-order valence-corrected chi connectivity index (χ2v) is 6.88. The van der Waals surface area contributed by atoms with Gasteiger partial charge in [0, 0.05) is 17.7 Å². The number of non-ortho nitro benzene ring substituents is 1. The number of amides is 1. The number of carbonyl (C=O) groups is 1. The molecule has 0 unspecified atom stereocenters. The lowest BCUT2D eigenvalue weighted by Crippen LogP contribution is -2.22. The second-order valence-electron chi connectivity index (χ2n) is 5.59. The van der Waals surface area contributed by atoms with Crippen LogP contribution in [0.2, 0.25) is 0 Å². The summed E-state index contributed by atoms with van der Waals surface area (Å²) in [5.41, 5.74) is 1.10. The van der Waals surface area contributed by atoms with Crippen molar-refractivity contribution in [1.29, 1.82) is 5.26 Å². The Kier molecular flexibility index (Phi) is 5.67. The Balaban J connectivity index is 1.69. The van der Waals surface area contributed by atoms with Crippen LogP contribution in [0.3, 0.4) is 0 Å². The van der Waals surface area contributed by atoms with Gasteiger partial charge in [-0.1, -0.05) is 30.0 Å². The third-order valence-corrected chi connectivity index (χ3v) is 4.60. The fraction of sp³-hybridized carbons (Fsp3) is 0.111. The average molecular weight is 395 g/mol. The first-order valence-corrected chi connectivity index (χ1v) is 8.91. The van der Waals surface area contributed by atoms with Crippen molar-refractivity contribution < 1.29 is 14.1 Å². The molecule has 9 nitrogen and oxygen atoms in total. The van der Waals surface area contributed by atoms with Crippen molar-refractivity contribution in [3.8, 4) is 17.5 Å². The molecule has 0 aliphatic rings. The second kappa shape index (κ2) is 8.32. The van der Waals surface area contributed by atoms with Crippen molar-refractivity contribution in [2.24, 2.45) is 0 Å². The van der Waals surface area contributed by atoms with Crippen molar-refractivity contribution >= 4 is 29.0 Å². The van der Waals surface area contributed by atoms with E-state index in [0.29, 0.717) is 16.8 Å². The molecule has 1 aromatic heterocycles. The van der Waals surface area contributed by atoms with E-state index in [2.05, 4.69) is 15.5 Å². The highest BCUT2D eigenvalue weighted by atomic mass is 32.2. The van der Waals surface area contributed by atoms with E-state index in [1.165, 1.54) is 18.2 Å². The number of thioether (sulfide) groups is 1. The lowest BCUT2D eigenvalue weighted by atomic mass is 10.2. The van der Waals surface area contributed by atoms with Crippen molar-refractivity contribution in [3.63, 3.8) is 0 Å². The number of rotatable bonds is 6. The maximum atomic E-state index is 12.4. The molecule has 1 heterocycles. The van der Waals surface area contributed by atoms with Crippen molar-refractivity contribution in [2.45, 2.75) is 17.4 Å². The summed E-state index contributed by atoms with van der Waals surface area (Å²) < 4.78 is 5.51. The highest BCUT2D eigenvalue weighted by molar-refractivity contribution is 8.00. The SMILES string of the molecule is C[C@H](Sc1nnc(-c2cccc([N+](=O)[O-])c2)o1)C(=O)Nc1ccccc1C#N. The summed E-state index contributed by atoms with van der Waals surface area (Å²) >= 11 is 1.04. The molecule has 0 fully saturated rings. The zero-order chi connectivity index (χ0) is 20.1. The number of anilines is 1. The lowest BCUT2D eigenvalue weighted by Gasteiger charge is -2.10. The standard InChI is InChI=1S/C18H13N5O4S/c1-11(16(24)20-15-8-3-2-5-13(15)10-19)28-18-22-21-17(27-18)12-6-4-7-14(9-12)23(25)26/h2-9,11H,1H3,(H,20,24)/t11-/m0/s1. The molecule has 1 amide bonds. The predicted molar refractivity (Wildman–Crippen MR) is 101 cm³/mol. The summed E-state index contributed by atoms with van der Waals surface area (Å²) in [5.74, 6) is -0.212. The summed E-state index contributed by atoms with van der Waals surface area (Å²) in [5, 5.41) is 30.0. The number of benzene rings is 2. The third kappa shape index (κ3) is 4.33. The Labute approximate surface area is 163 Å². The quantitative estimate of drug-likeness (QED) is 0.380. The van der Waals surface area contributed by atoms with Crippen LogP contribution in [0, 0.1) is 21.4 Å². The number of nitro benzene ring substituents is 1. The fourth-order valence-corrected chi connectivity index (χ4v) is 2.94. The topological polar surface area (TPSA) is 135 Å². The van der Waals surface area contributed by atoms with E-state index in [-0.39, 0.29) is 22.7 Å². The smallest absolute Gasteiger partial charge is 0.277 e. The van der Waals surface area contributed by atoms with Crippen LogP contribution in [0.15, 0.2) is 58.2 Å². The zero-order valence-corrected chi connectivity index (χ0v) is 15.3. The molecule has 0 radical (unpaired) electrons. The summed E-state index contributed by atoms with van der Waals surface area (Å²) in [6.07, 6.45) is 0. The van der Waals surface area contributed by atoms with Crippen LogP contribution in [0.25, 0.3) is 11.5 Å². The minimum Gasteiger partial charge on any atom is -0.411 e. The molecule has 3 rings (SSSR count). The van der Waals surface area contributed by atoms with Crippen LogP contribution in [0.1, 0.15) is 12.5 Å². The minimum atomic E-state index is -0.579. The molecule has 28 heavy (non-hydrogen) atoms. The van der Waals surface area contributed by atoms with E-state index in [1.807, 2.05) is 6.07 Å². The summed E-state index contributed by atoms with van der Waals surface area (Å²) in [7, 11) is 0. The summed E-state index contributed by atoms with van der Waals surface area (Å²) in [4.78, 5) is 22.7. The lowest BCUT2D eigenvalue weighted by molar-refractivity contribution is -0.384. The number of carbonyl (C=O) groups excluding carboxylic acids is 1. The minimum absolute atomic E-state index is 0.0891. The van der Waals surface area contributed by atoms with Gasteiger partial charge in [-0.05, 0) is 25.1 Å². The summed E-state index contributed by atoms with van der Waals surface area (Å²) in [6.45, 7) is 1.66. The van der Waals surface area contributed by atoms with Gasteiger partial charge in [0.15, 0.2) is 0 Å². The third-order valence-electron chi connectivity index (χ3n) is 3.66. The van der Waals surface area contributed by atoms with Gasteiger partial charge in [0.2, 0.25) is 11.8 Å². The molecule has 0 aliphatic carbocycles. The highest BCUT2D eigenvalue weighted by Crippen LogP contribution is 2.28. The van der Waals surface area contributed by atoms with Gasteiger partial charge in [-0.15, -0.1) is 10.2 Å². The molecule has 0 saturated carbocycles. The Bertz CT molecular complexity index is 1080. The van der Waals surface area contributed by atoms with Crippen LogP contribution in [-0.4, -0.2) is 26.3 Å². The number of para-hydroxylation sites is 1. The van der Waals surface area contributed by atoms with Crippen molar-refractivity contribution in [3.05, 3.63) is 64.2 Å². The van der Waals surface area contributed by atoms with Gasteiger partial charge in [-0.2, -0.15) is 5.26 Å².